The number of carbonyl (C=O) groups is 2. The van der Waals surface area contributed by atoms with Gasteiger partial charge in [0.2, 0.25) is 0 Å². The minimum absolute atomic E-state index is 0.0436. The lowest BCUT2D eigenvalue weighted by Gasteiger charge is -2.25. The molecule has 2 aromatic carbocycles. The van der Waals surface area contributed by atoms with E-state index in [9.17, 15) is 14.7 Å². The lowest BCUT2D eigenvalue weighted by Crippen LogP contribution is -2.29. The number of H-pyrrole nitrogens is 1. The van der Waals surface area contributed by atoms with E-state index in [2.05, 4.69) is 4.98 Å². The second-order valence-electron chi connectivity index (χ2n) is 7.96. The molecule has 1 saturated heterocycles. The summed E-state index contributed by atoms with van der Waals surface area (Å²) in [6, 6.07) is 13.6. The number of benzene rings is 2. The smallest absolute Gasteiger partial charge is 0.300 e. The molecule has 1 atom stereocenters. The summed E-state index contributed by atoms with van der Waals surface area (Å²) in [5.41, 5.74) is 2.69. The second kappa shape index (κ2) is 8.39. The number of hydrogen-bond acceptors (Lipinski definition) is 6. The number of aliphatic hydroxyl groups is 1. The van der Waals surface area contributed by atoms with Crippen LogP contribution in [0.15, 0.2) is 65.7 Å². The Morgan fingerprint density at radius 3 is 2.41 bits per heavy atom. The molecule has 0 radical (unpaired) electrons. The molecule has 2 aromatic heterocycles. The van der Waals surface area contributed by atoms with Crippen LogP contribution in [0.5, 0.6) is 11.5 Å². The molecule has 1 fully saturated rings. The molecule has 0 spiro atoms. The van der Waals surface area contributed by atoms with Crippen molar-refractivity contribution in [3.05, 3.63) is 81.7 Å². The van der Waals surface area contributed by atoms with E-state index in [0.29, 0.717) is 22.7 Å². The maximum Gasteiger partial charge on any atom is 0.300 e. The first-order valence-electron chi connectivity index (χ1n) is 10.6. The van der Waals surface area contributed by atoms with Crippen LogP contribution in [0.2, 0.25) is 0 Å². The lowest BCUT2D eigenvalue weighted by atomic mass is 9.98. The number of carbonyl (C=O) groups excluding carboxylic acids is 2. The van der Waals surface area contributed by atoms with Gasteiger partial charge in [0.05, 0.1) is 25.5 Å². The van der Waals surface area contributed by atoms with Crippen LogP contribution >= 0.6 is 11.3 Å². The van der Waals surface area contributed by atoms with E-state index in [1.807, 2.05) is 42.6 Å². The van der Waals surface area contributed by atoms with E-state index >= 15 is 0 Å². The predicted octanol–water partition coefficient (Wildman–Crippen LogP) is 5.18. The predicted molar refractivity (Wildman–Crippen MR) is 132 cm³/mol. The quantitative estimate of drug-likeness (QED) is 0.236. The highest BCUT2D eigenvalue weighted by Crippen LogP contribution is 2.46. The zero-order valence-corrected chi connectivity index (χ0v) is 19.6. The van der Waals surface area contributed by atoms with Crippen LogP contribution in [0.3, 0.4) is 0 Å². The number of anilines is 1. The summed E-state index contributed by atoms with van der Waals surface area (Å²) in [4.78, 5) is 32.1. The van der Waals surface area contributed by atoms with Gasteiger partial charge in [0, 0.05) is 45.7 Å². The molecule has 5 rings (SSSR count). The van der Waals surface area contributed by atoms with Gasteiger partial charge in [-0.05, 0) is 30.0 Å². The SMILES string of the molecule is COc1cc(OC)cc(N2C(=O)C(=O)/C(=C(/O)c3c[nH]c4ccccc34)C2c2sccc2C)c1. The van der Waals surface area contributed by atoms with Gasteiger partial charge >= 0.3 is 0 Å². The van der Waals surface area contributed by atoms with E-state index in [1.165, 1.54) is 30.5 Å². The fourth-order valence-electron chi connectivity index (χ4n) is 4.36. The topological polar surface area (TPSA) is 91.9 Å². The standard InChI is InChI=1S/C26H22N2O5S/c1-14-8-9-34-25(14)22-21(23(29)19-13-27-20-7-5-4-6-18(19)20)24(30)26(31)28(22)15-10-16(32-2)12-17(11-15)33-3/h4-13,22,27,29H,1-3H3/b23-21+. The molecule has 3 heterocycles. The zero-order chi connectivity index (χ0) is 24.0. The molecule has 0 saturated carbocycles. The van der Waals surface area contributed by atoms with Crippen molar-refractivity contribution in [3.63, 3.8) is 0 Å². The fourth-order valence-corrected chi connectivity index (χ4v) is 5.38. The van der Waals surface area contributed by atoms with E-state index < -0.39 is 17.7 Å². The van der Waals surface area contributed by atoms with Crippen LogP contribution in [0.25, 0.3) is 16.7 Å². The van der Waals surface area contributed by atoms with Crippen LogP contribution in [0.4, 0.5) is 5.69 Å². The van der Waals surface area contributed by atoms with Gasteiger partial charge in [-0.25, -0.2) is 0 Å². The number of aliphatic hydroxyl groups excluding tert-OH is 1. The van der Waals surface area contributed by atoms with Gasteiger partial charge in [0.1, 0.15) is 23.3 Å². The van der Waals surface area contributed by atoms with Gasteiger partial charge in [0.15, 0.2) is 0 Å². The number of nitrogens with zero attached hydrogens (tertiary/aromatic N) is 1. The number of aryl methyl sites for hydroxylation is 1. The first-order chi connectivity index (χ1) is 16.4. The monoisotopic (exact) mass is 474 g/mol. The van der Waals surface area contributed by atoms with Crippen molar-refractivity contribution in [2.45, 2.75) is 13.0 Å². The molecule has 1 aliphatic rings. The van der Waals surface area contributed by atoms with Crippen LogP contribution < -0.4 is 14.4 Å². The maximum absolute atomic E-state index is 13.4. The second-order valence-corrected chi connectivity index (χ2v) is 8.90. The van der Waals surface area contributed by atoms with Gasteiger partial charge < -0.3 is 19.6 Å². The van der Waals surface area contributed by atoms with Crippen molar-refractivity contribution in [2.24, 2.45) is 0 Å². The van der Waals surface area contributed by atoms with E-state index in [4.69, 9.17) is 9.47 Å². The normalized spacial score (nSPS) is 17.5. The van der Waals surface area contributed by atoms with Crippen molar-refractivity contribution in [1.82, 2.24) is 4.98 Å². The molecule has 0 bridgehead atoms. The number of methoxy groups -OCH3 is 2. The minimum Gasteiger partial charge on any atom is -0.507 e. The number of ether oxygens (including phenoxy) is 2. The maximum atomic E-state index is 13.4. The highest BCUT2D eigenvalue weighted by molar-refractivity contribution is 7.10. The first-order valence-corrected chi connectivity index (χ1v) is 11.5. The molecule has 7 nitrogen and oxygen atoms in total. The fraction of sp³-hybridized carbons (Fsp3) is 0.154. The van der Waals surface area contributed by atoms with E-state index in [-0.39, 0.29) is 11.3 Å². The minimum atomic E-state index is -0.800. The number of amides is 1. The average Bonchev–Trinajstić information content (AvgIpc) is 3.54. The average molecular weight is 475 g/mol. The van der Waals surface area contributed by atoms with Crippen molar-refractivity contribution in [3.8, 4) is 11.5 Å². The summed E-state index contributed by atoms with van der Waals surface area (Å²) in [5, 5.41) is 14.1. The Morgan fingerprint density at radius 1 is 1.06 bits per heavy atom. The Bertz CT molecular complexity index is 1440. The zero-order valence-electron chi connectivity index (χ0n) is 18.8. The Morgan fingerprint density at radius 2 is 1.76 bits per heavy atom. The molecule has 172 valence electrons. The van der Waals surface area contributed by atoms with Gasteiger partial charge in [0.25, 0.3) is 11.7 Å². The number of aromatic nitrogens is 1. The highest BCUT2D eigenvalue weighted by atomic mass is 32.1. The summed E-state index contributed by atoms with van der Waals surface area (Å²) in [6.45, 7) is 1.92. The summed E-state index contributed by atoms with van der Waals surface area (Å²) < 4.78 is 10.8. The van der Waals surface area contributed by atoms with Crippen molar-refractivity contribution in [2.75, 3.05) is 19.1 Å². The molecule has 1 amide bonds. The molecular weight excluding hydrogens is 452 g/mol. The summed E-state index contributed by atoms with van der Waals surface area (Å²) >= 11 is 1.43. The van der Waals surface area contributed by atoms with Crippen LogP contribution in [-0.4, -0.2) is 36.0 Å². The lowest BCUT2D eigenvalue weighted by molar-refractivity contribution is -0.132. The number of nitrogens with one attached hydrogen (secondary N) is 1. The number of aromatic amines is 1. The largest absolute Gasteiger partial charge is 0.507 e. The van der Waals surface area contributed by atoms with Crippen molar-refractivity contribution < 1.29 is 24.2 Å². The van der Waals surface area contributed by atoms with Crippen LogP contribution in [0.1, 0.15) is 22.0 Å². The third kappa shape index (κ3) is 3.34. The molecular formula is C26H22N2O5S. The molecule has 2 N–H and O–H groups in total. The third-order valence-corrected chi connectivity index (χ3v) is 7.12. The molecule has 0 aliphatic carbocycles. The number of Topliss-reactive ketones (excluding diaryl/α,β-unsaturated/α-hetero) is 1. The van der Waals surface area contributed by atoms with Crippen LogP contribution in [0, 0.1) is 6.92 Å². The molecule has 1 unspecified atom stereocenters. The molecule has 1 aliphatic heterocycles. The van der Waals surface area contributed by atoms with Crippen molar-refractivity contribution >= 4 is 45.4 Å². The van der Waals surface area contributed by atoms with Gasteiger partial charge in [-0.3, -0.25) is 14.5 Å². The molecule has 4 aromatic rings. The Hall–Kier alpha value is -4.04. The highest BCUT2D eigenvalue weighted by Gasteiger charge is 2.48. The number of ketones is 1. The number of fused-ring (bicyclic) bond motifs is 1. The number of para-hydroxylation sites is 1. The summed E-state index contributed by atoms with van der Waals surface area (Å²) in [5.74, 6) is -0.730. The number of hydrogen-bond donors (Lipinski definition) is 2. The van der Waals surface area contributed by atoms with Gasteiger partial charge in [-0.15, -0.1) is 11.3 Å². The number of rotatable bonds is 5. The summed E-state index contributed by atoms with van der Waals surface area (Å²) in [6.07, 6.45) is 1.65. The third-order valence-electron chi connectivity index (χ3n) is 6.05. The Labute approximate surface area is 199 Å². The van der Waals surface area contributed by atoms with Crippen molar-refractivity contribution in [1.29, 1.82) is 0 Å². The van der Waals surface area contributed by atoms with E-state index in [1.54, 1.807) is 24.4 Å². The van der Waals surface area contributed by atoms with Gasteiger partial charge in [-0.1, -0.05) is 18.2 Å². The molecule has 8 heteroatoms. The summed E-state index contributed by atoms with van der Waals surface area (Å²) in [7, 11) is 3.04. The van der Waals surface area contributed by atoms with Gasteiger partial charge in [-0.2, -0.15) is 0 Å². The Balaban J connectivity index is 1.77. The van der Waals surface area contributed by atoms with Crippen LogP contribution in [-0.2, 0) is 9.59 Å². The number of thiophene rings is 1. The Kier molecular flexibility index (Phi) is 5.37. The van der Waals surface area contributed by atoms with E-state index in [0.717, 1.165) is 21.3 Å². The molecule has 34 heavy (non-hydrogen) atoms. The first kappa shape index (κ1) is 21.8.